The van der Waals surface area contributed by atoms with Gasteiger partial charge in [-0.25, -0.2) is 4.39 Å². The Kier molecular flexibility index (Phi) is 3.64. The van der Waals surface area contributed by atoms with Crippen molar-refractivity contribution in [3.63, 3.8) is 0 Å². The summed E-state index contributed by atoms with van der Waals surface area (Å²) in [5, 5.41) is 12.7. The molecule has 0 saturated heterocycles. The molecule has 0 unspecified atom stereocenters. The lowest BCUT2D eigenvalue weighted by Gasteiger charge is -2.09. The highest BCUT2D eigenvalue weighted by molar-refractivity contribution is 9.10. The van der Waals surface area contributed by atoms with Gasteiger partial charge in [0.15, 0.2) is 0 Å². The summed E-state index contributed by atoms with van der Waals surface area (Å²) in [5.74, 6) is -0.0387. The molecule has 0 aliphatic rings. The summed E-state index contributed by atoms with van der Waals surface area (Å²) in [5.41, 5.74) is 1.58. The molecule has 0 heterocycles. The minimum absolute atomic E-state index is 0.248. The van der Waals surface area contributed by atoms with Crippen molar-refractivity contribution in [2.45, 2.75) is 6.54 Å². The van der Waals surface area contributed by atoms with E-state index in [2.05, 4.69) is 21.2 Å². The fourth-order valence-corrected chi connectivity index (χ4v) is 1.97. The number of para-hydroxylation sites is 1. The number of benzene rings is 2. The van der Waals surface area contributed by atoms with Crippen LogP contribution in [0.3, 0.4) is 0 Å². The molecule has 0 radical (unpaired) electrons. The highest BCUT2D eigenvalue weighted by Gasteiger charge is 2.03. The van der Waals surface area contributed by atoms with Crippen molar-refractivity contribution in [3.05, 3.63) is 58.3 Å². The summed E-state index contributed by atoms with van der Waals surface area (Å²) in [6.45, 7) is 0.483. The van der Waals surface area contributed by atoms with E-state index >= 15 is 0 Å². The summed E-state index contributed by atoms with van der Waals surface area (Å²) in [7, 11) is 0. The van der Waals surface area contributed by atoms with E-state index in [4.69, 9.17) is 0 Å². The third-order valence-corrected chi connectivity index (χ3v) is 3.05. The largest absolute Gasteiger partial charge is 0.508 e. The maximum atomic E-state index is 12.9. The Morgan fingerprint density at radius 2 is 1.94 bits per heavy atom. The molecule has 0 aromatic heterocycles. The second-order valence-electron chi connectivity index (χ2n) is 3.61. The van der Waals surface area contributed by atoms with Crippen molar-refractivity contribution in [2.24, 2.45) is 0 Å². The molecule has 88 valence electrons. The van der Waals surface area contributed by atoms with E-state index in [1.54, 1.807) is 18.2 Å². The topological polar surface area (TPSA) is 32.3 Å². The number of phenols is 1. The second-order valence-corrected chi connectivity index (χ2v) is 4.46. The lowest BCUT2D eigenvalue weighted by Crippen LogP contribution is -2.00. The summed E-state index contributed by atoms with van der Waals surface area (Å²) < 4.78 is 13.5. The fourth-order valence-electron chi connectivity index (χ4n) is 1.48. The lowest BCUT2D eigenvalue weighted by molar-refractivity contribution is 0.469. The van der Waals surface area contributed by atoms with Crippen LogP contribution >= 0.6 is 15.9 Å². The highest BCUT2D eigenvalue weighted by Crippen LogP contribution is 2.24. The minimum Gasteiger partial charge on any atom is -0.508 e. The van der Waals surface area contributed by atoms with Crippen LogP contribution in [0.2, 0.25) is 0 Å². The third-order valence-electron chi connectivity index (χ3n) is 2.39. The smallest absolute Gasteiger partial charge is 0.124 e. The first-order chi connectivity index (χ1) is 8.16. The molecule has 2 rings (SSSR count). The maximum Gasteiger partial charge on any atom is 0.124 e. The molecule has 4 heteroatoms. The highest BCUT2D eigenvalue weighted by atomic mass is 79.9. The summed E-state index contributed by atoms with van der Waals surface area (Å²) in [6.07, 6.45) is 0. The first-order valence-electron chi connectivity index (χ1n) is 5.12. The van der Waals surface area contributed by atoms with E-state index in [9.17, 15) is 9.50 Å². The first-order valence-corrected chi connectivity index (χ1v) is 5.92. The molecule has 0 saturated carbocycles. The van der Waals surface area contributed by atoms with Crippen molar-refractivity contribution >= 4 is 21.6 Å². The Morgan fingerprint density at radius 3 is 2.65 bits per heavy atom. The summed E-state index contributed by atoms with van der Waals surface area (Å²) in [6, 6.07) is 11.5. The van der Waals surface area contributed by atoms with Gasteiger partial charge in [0.1, 0.15) is 11.6 Å². The average Bonchev–Trinajstić information content (AvgIpc) is 2.30. The zero-order valence-electron chi connectivity index (χ0n) is 8.95. The average molecular weight is 296 g/mol. The van der Waals surface area contributed by atoms with Crippen LogP contribution in [0.25, 0.3) is 0 Å². The molecule has 0 aliphatic carbocycles. The Bertz CT molecular complexity index is 531. The molecular weight excluding hydrogens is 285 g/mol. The molecule has 17 heavy (non-hydrogen) atoms. The molecule has 0 spiro atoms. The lowest BCUT2D eigenvalue weighted by atomic mass is 10.2. The van der Waals surface area contributed by atoms with Gasteiger partial charge in [0, 0.05) is 22.3 Å². The van der Waals surface area contributed by atoms with E-state index in [1.165, 1.54) is 12.1 Å². The van der Waals surface area contributed by atoms with Gasteiger partial charge in [-0.05, 0) is 40.2 Å². The third kappa shape index (κ3) is 2.97. The van der Waals surface area contributed by atoms with Gasteiger partial charge in [0.05, 0.1) is 0 Å². The van der Waals surface area contributed by atoms with Crippen LogP contribution in [0.15, 0.2) is 46.9 Å². The molecule has 2 aromatic rings. The van der Waals surface area contributed by atoms with E-state index in [0.29, 0.717) is 11.0 Å². The SMILES string of the molecule is Oc1ccccc1CNc1ccc(F)cc1Br. The Morgan fingerprint density at radius 1 is 1.18 bits per heavy atom. The number of nitrogens with one attached hydrogen (secondary N) is 1. The monoisotopic (exact) mass is 295 g/mol. The number of halogens is 2. The van der Waals surface area contributed by atoms with Crippen LogP contribution in [0, 0.1) is 5.82 Å². The van der Waals surface area contributed by atoms with Crippen LogP contribution in [-0.4, -0.2) is 5.11 Å². The second kappa shape index (κ2) is 5.19. The van der Waals surface area contributed by atoms with E-state index < -0.39 is 0 Å². The number of aromatic hydroxyl groups is 1. The summed E-state index contributed by atoms with van der Waals surface area (Å²) >= 11 is 3.27. The fraction of sp³-hybridized carbons (Fsp3) is 0.0769. The molecule has 2 nitrogen and oxygen atoms in total. The van der Waals surface area contributed by atoms with Gasteiger partial charge in [-0.15, -0.1) is 0 Å². The van der Waals surface area contributed by atoms with Crippen LogP contribution < -0.4 is 5.32 Å². The zero-order valence-corrected chi connectivity index (χ0v) is 10.5. The molecule has 0 bridgehead atoms. The van der Waals surface area contributed by atoms with Crippen LogP contribution in [0.4, 0.5) is 10.1 Å². The molecule has 0 amide bonds. The molecule has 2 N–H and O–H groups in total. The number of anilines is 1. The molecular formula is C13H11BrFNO. The Hall–Kier alpha value is -1.55. The van der Waals surface area contributed by atoms with Gasteiger partial charge in [-0.1, -0.05) is 18.2 Å². The van der Waals surface area contributed by atoms with Crippen molar-refractivity contribution in [2.75, 3.05) is 5.32 Å². The van der Waals surface area contributed by atoms with E-state index in [1.807, 2.05) is 12.1 Å². The van der Waals surface area contributed by atoms with Crippen LogP contribution in [-0.2, 0) is 6.54 Å². The number of rotatable bonds is 3. The van der Waals surface area contributed by atoms with E-state index in [-0.39, 0.29) is 11.6 Å². The Labute approximate surface area is 107 Å². The molecule has 0 atom stereocenters. The van der Waals surface area contributed by atoms with Crippen LogP contribution in [0.1, 0.15) is 5.56 Å². The van der Waals surface area contributed by atoms with Crippen molar-refractivity contribution in [1.82, 2.24) is 0 Å². The van der Waals surface area contributed by atoms with Gasteiger partial charge in [0.2, 0.25) is 0 Å². The number of hydrogen-bond acceptors (Lipinski definition) is 2. The number of hydrogen-bond donors (Lipinski definition) is 2. The zero-order chi connectivity index (χ0) is 12.3. The maximum absolute atomic E-state index is 12.9. The van der Waals surface area contributed by atoms with Gasteiger partial charge in [0.25, 0.3) is 0 Å². The normalized spacial score (nSPS) is 10.2. The van der Waals surface area contributed by atoms with Gasteiger partial charge in [-0.2, -0.15) is 0 Å². The molecule has 0 aliphatic heterocycles. The van der Waals surface area contributed by atoms with Crippen molar-refractivity contribution < 1.29 is 9.50 Å². The summed E-state index contributed by atoms with van der Waals surface area (Å²) in [4.78, 5) is 0. The Balaban J connectivity index is 2.10. The molecule has 0 fully saturated rings. The predicted octanol–water partition coefficient (Wildman–Crippen LogP) is 3.91. The van der Waals surface area contributed by atoms with E-state index in [0.717, 1.165) is 11.3 Å². The van der Waals surface area contributed by atoms with Crippen molar-refractivity contribution in [3.8, 4) is 5.75 Å². The van der Waals surface area contributed by atoms with Gasteiger partial charge >= 0.3 is 0 Å². The molecule has 2 aromatic carbocycles. The number of phenolic OH excluding ortho intramolecular Hbond substituents is 1. The minimum atomic E-state index is -0.287. The van der Waals surface area contributed by atoms with Crippen LogP contribution in [0.5, 0.6) is 5.75 Å². The quantitative estimate of drug-likeness (QED) is 0.900. The standard InChI is InChI=1S/C13H11BrFNO/c14-11-7-10(15)5-6-12(11)16-8-9-3-1-2-4-13(9)17/h1-7,16-17H,8H2. The predicted molar refractivity (Wildman–Crippen MR) is 69.5 cm³/mol. The van der Waals surface area contributed by atoms with Gasteiger partial charge < -0.3 is 10.4 Å². The van der Waals surface area contributed by atoms with Gasteiger partial charge in [-0.3, -0.25) is 0 Å². The van der Waals surface area contributed by atoms with Crippen molar-refractivity contribution in [1.29, 1.82) is 0 Å². The first kappa shape index (κ1) is 11.9.